The van der Waals surface area contributed by atoms with Crippen molar-refractivity contribution < 1.29 is 31.9 Å². The molecule has 0 saturated heterocycles. The highest BCUT2D eigenvalue weighted by Crippen LogP contribution is 2.47. The summed E-state index contributed by atoms with van der Waals surface area (Å²) in [6.07, 6.45) is -4.70. The van der Waals surface area contributed by atoms with E-state index < -0.39 is 35.2 Å². The highest BCUT2D eigenvalue weighted by molar-refractivity contribution is 6.23. The van der Waals surface area contributed by atoms with Crippen molar-refractivity contribution in [2.75, 3.05) is 0 Å². The lowest BCUT2D eigenvalue weighted by atomic mass is 9.75. The third-order valence-electron chi connectivity index (χ3n) is 6.33. The third-order valence-corrected chi connectivity index (χ3v) is 6.33. The normalized spacial score (nSPS) is 24.1. The molecule has 8 heteroatoms. The van der Waals surface area contributed by atoms with Crippen molar-refractivity contribution in [2.24, 2.45) is 5.92 Å². The van der Waals surface area contributed by atoms with Gasteiger partial charge in [-0.05, 0) is 73.1 Å². The molecule has 0 unspecified atom stereocenters. The third kappa shape index (κ3) is 3.68. The van der Waals surface area contributed by atoms with Gasteiger partial charge in [0.25, 0.3) is 5.91 Å². The standard InChI is InChI=1S/C23H20F5NO2/c1-12-2-3-13(14-4-5-17(24)18(25)11-14)10-16(12)19-20(30)22(29-21(19)31)8-6-15(7-9-22)23(26,27)28/h2-5,10-11,15,30H,6-9H2,1H3,(H,29,31)/t15-,22-. The molecule has 0 bridgehead atoms. The van der Waals surface area contributed by atoms with Crippen molar-refractivity contribution in [3.63, 3.8) is 0 Å². The molecule has 2 aromatic rings. The van der Waals surface area contributed by atoms with Gasteiger partial charge in [-0.2, -0.15) is 13.2 Å². The van der Waals surface area contributed by atoms with E-state index in [-0.39, 0.29) is 37.0 Å². The fourth-order valence-electron chi connectivity index (χ4n) is 4.48. The van der Waals surface area contributed by atoms with E-state index in [4.69, 9.17) is 0 Å². The summed E-state index contributed by atoms with van der Waals surface area (Å²) in [5, 5.41) is 13.7. The monoisotopic (exact) mass is 437 g/mol. The average Bonchev–Trinajstić information content (AvgIpc) is 2.94. The molecule has 1 amide bonds. The van der Waals surface area contributed by atoms with Crippen LogP contribution in [-0.4, -0.2) is 22.7 Å². The van der Waals surface area contributed by atoms with Crippen LogP contribution in [0.25, 0.3) is 16.7 Å². The number of carbonyl (C=O) groups excluding carboxylic acids is 1. The molecular formula is C23H20F5NO2. The summed E-state index contributed by atoms with van der Waals surface area (Å²) >= 11 is 0. The molecule has 3 nitrogen and oxygen atoms in total. The van der Waals surface area contributed by atoms with Gasteiger partial charge in [-0.15, -0.1) is 0 Å². The Kier molecular flexibility index (Phi) is 5.06. The minimum Gasteiger partial charge on any atom is -0.509 e. The van der Waals surface area contributed by atoms with E-state index in [1.165, 1.54) is 6.07 Å². The number of halogens is 5. The van der Waals surface area contributed by atoms with Crippen LogP contribution in [0.15, 0.2) is 42.2 Å². The molecule has 1 aliphatic heterocycles. The number of aliphatic hydroxyl groups is 1. The Morgan fingerprint density at radius 3 is 2.23 bits per heavy atom. The Hall–Kier alpha value is -2.90. The zero-order chi connectivity index (χ0) is 22.6. The van der Waals surface area contributed by atoms with Crippen LogP contribution in [-0.2, 0) is 4.79 Å². The van der Waals surface area contributed by atoms with E-state index in [2.05, 4.69) is 5.32 Å². The molecule has 1 aliphatic carbocycles. The highest BCUT2D eigenvalue weighted by Gasteiger charge is 2.52. The van der Waals surface area contributed by atoms with Crippen LogP contribution in [0.5, 0.6) is 0 Å². The number of aliphatic hydroxyl groups excluding tert-OH is 1. The Morgan fingerprint density at radius 2 is 1.61 bits per heavy atom. The number of hydrogen-bond acceptors (Lipinski definition) is 2. The van der Waals surface area contributed by atoms with Crippen LogP contribution < -0.4 is 5.32 Å². The number of nitrogens with one attached hydrogen (secondary N) is 1. The zero-order valence-electron chi connectivity index (χ0n) is 16.6. The molecular weight excluding hydrogens is 417 g/mol. The van der Waals surface area contributed by atoms with Crippen molar-refractivity contribution in [3.05, 3.63) is 64.9 Å². The number of aryl methyl sites for hydroxylation is 1. The molecule has 31 heavy (non-hydrogen) atoms. The maximum atomic E-state index is 13.7. The van der Waals surface area contributed by atoms with E-state index in [1.54, 1.807) is 25.1 Å². The smallest absolute Gasteiger partial charge is 0.391 e. The van der Waals surface area contributed by atoms with Crippen molar-refractivity contribution >= 4 is 11.5 Å². The minimum atomic E-state index is -4.30. The van der Waals surface area contributed by atoms with Crippen LogP contribution >= 0.6 is 0 Å². The van der Waals surface area contributed by atoms with Crippen molar-refractivity contribution in [1.82, 2.24) is 5.32 Å². The quantitative estimate of drug-likeness (QED) is 0.581. The van der Waals surface area contributed by atoms with Gasteiger partial charge in [-0.25, -0.2) is 8.78 Å². The first-order chi connectivity index (χ1) is 14.5. The van der Waals surface area contributed by atoms with Gasteiger partial charge in [0, 0.05) is 0 Å². The fourth-order valence-corrected chi connectivity index (χ4v) is 4.48. The maximum absolute atomic E-state index is 13.7. The van der Waals surface area contributed by atoms with Crippen molar-refractivity contribution in [2.45, 2.75) is 44.3 Å². The first kappa shape index (κ1) is 21.3. The Morgan fingerprint density at radius 1 is 1.00 bits per heavy atom. The van der Waals surface area contributed by atoms with Crippen LogP contribution in [0, 0.1) is 24.5 Å². The number of hydrogen-bond donors (Lipinski definition) is 2. The summed E-state index contributed by atoms with van der Waals surface area (Å²) in [6, 6.07) is 8.39. The molecule has 2 aliphatic rings. The van der Waals surface area contributed by atoms with Crippen LogP contribution in [0.2, 0.25) is 0 Å². The van der Waals surface area contributed by atoms with Gasteiger partial charge in [0.05, 0.1) is 17.0 Å². The summed E-state index contributed by atoms with van der Waals surface area (Å²) in [5.41, 5.74) is 0.746. The predicted molar refractivity (Wildman–Crippen MR) is 105 cm³/mol. The summed E-state index contributed by atoms with van der Waals surface area (Å²) < 4.78 is 66.0. The first-order valence-corrected chi connectivity index (χ1v) is 9.91. The highest BCUT2D eigenvalue weighted by atomic mass is 19.4. The lowest BCUT2D eigenvalue weighted by Crippen LogP contribution is -2.48. The number of benzene rings is 2. The Bertz CT molecular complexity index is 1080. The fraction of sp³-hybridized carbons (Fsp3) is 0.348. The molecule has 1 heterocycles. The number of rotatable bonds is 2. The van der Waals surface area contributed by atoms with E-state index >= 15 is 0 Å². The maximum Gasteiger partial charge on any atom is 0.391 e. The number of amides is 1. The van der Waals surface area contributed by atoms with Gasteiger partial charge in [0.1, 0.15) is 5.76 Å². The molecule has 1 spiro atoms. The minimum absolute atomic E-state index is 0.00684. The molecule has 164 valence electrons. The molecule has 1 saturated carbocycles. The van der Waals surface area contributed by atoms with Gasteiger partial charge in [-0.3, -0.25) is 4.79 Å². The molecule has 0 aromatic heterocycles. The van der Waals surface area contributed by atoms with E-state index in [0.717, 1.165) is 12.1 Å². The van der Waals surface area contributed by atoms with Crippen LogP contribution in [0.1, 0.15) is 36.8 Å². The van der Waals surface area contributed by atoms with Crippen molar-refractivity contribution in [1.29, 1.82) is 0 Å². The largest absolute Gasteiger partial charge is 0.509 e. The molecule has 2 aromatic carbocycles. The Labute approximate surface area is 175 Å². The van der Waals surface area contributed by atoms with Gasteiger partial charge >= 0.3 is 6.18 Å². The van der Waals surface area contributed by atoms with Crippen LogP contribution in [0.4, 0.5) is 22.0 Å². The second-order valence-electron chi connectivity index (χ2n) is 8.23. The van der Waals surface area contributed by atoms with E-state index in [0.29, 0.717) is 22.3 Å². The topological polar surface area (TPSA) is 49.3 Å². The SMILES string of the molecule is Cc1ccc(-c2ccc(F)c(F)c2)cc1C1=C(O)[C@]2(CC[C@@H](C(F)(F)F)CC2)NC1=O. The lowest BCUT2D eigenvalue weighted by molar-refractivity contribution is -0.184. The van der Waals surface area contributed by atoms with Gasteiger partial charge < -0.3 is 10.4 Å². The summed E-state index contributed by atoms with van der Waals surface area (Å²) in [7, 11) is 0. The average molecular weight is 437 g/mol. The predicted octanol–water partition coefficient (Wildman–Crippen LogP) is 5.83. The Balaban J connectivity index is 1.72. The number of carbonyl (C=O) groups is 1. The van der Waals surface area contributed by atoms with Crippen molar-refractivity contribution in [3.8, 4) is 11.1 Å². The van der Waals surface area contributed by atoms with Gasteiger partial charge in [0.2, 0.25) is 0 Å². The summed E-state index contributed by atoms with van der Waals surface area (Å²) in [4.78, 5) is 12.8. The zero-order valence-corrected chi connectivity index (χ0v) is 16.6. The van der Waals surface area contributed by atoms with Crippen LogP contribution in [0.3, 0.4) is 0 Å². The summed E-state index contributed by atoms with van der Waals surface area (Å²) in [6.45, 7) is 1.73. The number of alkyl halides is 3. The van der Waals surface area contributed by atoms with Gasteiger partial charge in [-0.1, -0.05) is 18.2 Å². The second-order valence-corrected chi connectivity index (χ2v) is 8.23. The molecule has 0 atom stereocenters. The van der Waals surface area contributed by atoms with E-state index in [9.17, 15) is 31.9 Å². The van der Waals surface area contributed by atoms with Gasteiger partial charge in [0.15, 0.2) is 11.6 Å². The molecule has 4 rings (SSSR count). The molecule has 0 radical (unpaired) electrons. The molecule has 1 fully saturated rings. The second kappa shape index (κ2) is 7.35. The summed E-state index contributed by atoms with van der Waals surface area (Å²) in [5.74, 6) is -4.27. The first-order valence-electron chi connectivity index (χ1n) is 9.91. The molecule has 2 N–H and O–H groups in total. The van der Waals surface area contributed by atoms with E-state index in [1.807, 2.05) is 0 Å². The lowest BCUT2D eigenvalue weighted by Gasteiger charge is -2.37.